The quantitative estimate of drug-likeness (QED) is 0.0195. The fraction of sp³-hybridized carbons (Fsp3) is 0.208. The van der Waals surface area contributed by atoms with E-state index in [9.17, 15) is 17.8 Å². The van der Waals surface area contributed by atoms with Gasteiger partial charge in [-0.25, -0.2) is 15.3 Å². The van der Waals surface area contributed by atoms with Crippen molar-refractivity contribution in [3.05, 3.63) is 48.6 Å². The molecule has 0 heterocycles. The molecule has 0 atom stereocenters. The van der Waals surface area contributed by atoms with Gasteiger partial charge in [-0.1, -0.05) is 40.9 Å². The SMILES string of the molecule is C=C(C)C(=O)OCCCCNc1cc(SOOO)c2ccc3c(SOOO)cc(S(=O)(=O)O)c4ccc1c2c34. The molecule has 0 saturated heterocycles. The molecular weight excluding hydrogens is 574 g/mol. The Morgan fingerprint density at radius 1 is 0.923 bits per heavy atom. The molecule has 0 radical (unpaired) electrons. The van der Waals surface area contributed by atoms with Crippen LogP contribution in [0.25, 0.3) is 32.3 Å². The summed E-state index contributed by atoms with van der Waals surface area (Å²) >= 11 is 1.30. The number of anilines is 1. The summed E-state index contributed by atoms with van der Waals surface area (Å²) in [4.78, 5) is 12.0. The standard InChI is InChI=1S/C24H23NO11S3/c1-13(2)24(26)32-10-4-3-9-25-18-11-19(37-35-33-27)15-6-7-16-20(38-36-34-28)12-21(39(29,30)31)17-8-5-14(18)22(15)23(16)17/h5-8,11-12,25,27-28H,1,3-4,9-10H2,2H3,(H,29,30,31). The molecule has 0 fully saturated rings. The normalized spacial score (nSPS) is 12.0. The van der Waals surface area contributed by atoms with Crippen LogP contribution in [-0.2, 0) is 38.4 Å². The van der Waals surface area contributed by atoms with Crippen LogP contribution in [0.15, 0.2) is 63.2 Å². The maximum Gasteiger partial charge on any atom is 0.333 e. The van der Waals surface area contributed by atoms with Gasteiger partial charge in [0.05, 0.1) is 30.7 Å². The highest BCUT2D eigenvalue weighted by molar-refractivity contribution is 7.95. The van der Waals surface area contributed by atoms with E-state index in [0.29, 0.717) is 69.1 Å². The van der Waals surface area contributed by atoms with E-state index in [1.54, 1.807) is 37.3 Å². The van der Waals surface area contributed by atoms with Gasteiger partial charge in [0.2, 0.25) is 0 Å². The highest BCUT2D eigenvalue weighted by Gasteiger charge is 2.23. The van der Waals surface area contributed by atoms with Crippen LogP contribution in [0.5, 0.6) is 0 Å². The van der Waals surface area contributed by atoms with Crippen molar-refractivity contribution >= 4 is 78.2 Å². The van der Waals surface area contributed by atoms with E-state index >= 15 is 0 Å². The van der Waals surface area contributed by atoms with Gasteiger partial charge in [0.25, 0.3) is 10.1 Å². The van der Waals surface area contributed by atoms with E-state index in [4.69, 9.17) is 19.6 Å². The van der Waals surface area contributed by atoms with Crippen LogP contribution in [0.2, 0.25) is 0 Å². The molecule has 0 aromatic heterocycles. The summed E-state index contributed by atoms with van der Waals surface area (Å²) < 4.78 is 48.9. The first-order valence-corrected chi connectivity index (χ1v) is 14.2. The minimum absolute atomic E-state index is 0.243. The number of hydrogen-bond donors (Lipinski definition) is 4. The van der Waals surface area contributed by atoms with Gasteiger partial charge in [-0.2, -0.15) is 8.42 Å². The molecule has 12 nitrogen and oxygen atoms in total. The average Bonchev–Trinajstić information content (AvgIpc) is 2.91. The molecule has 15 heteroatoms. The third-order valence-corrected chi connectivity index (χ3v) is 8.03. The molecule has 0 aliphatic rings. The summed E-state index contributed by atoms with van der Waals surface area (Å²) in [6.07, 6.45) is 1.27. The second-order valence-electron chi connectivity index (χ2n) is 8.34. The molecule has 4 rings (SSSR count). The highest BCUT2D eigenvalue weighted by atomic mass is 32.2. The average molecular weight is 598 g/mol. The van der Waals surface area contributed by atoms with E-state index < -0.39 is 16.1 Å². The Kier molecular flexibility index (Phi) is 9.50. The molecule has 39 heavy (non-hydrogen) atoms. The first-order chi connectivity index (χ1) is 18.7. The molecule has 0 saturated carbocycles. The second-order valence-corrected chi connectivity index (χ2v) is 11.2. The van der Waals surface area contributed by atoms with Crippen molar-refractivity contribution in [3.63, 3.8) is 0 Å². The number of carbonyl (C=O) groups excluding carboxylic acids is 1. The number of nitrogens with one attached hydrogen (secondary N) is 1. The smallest absolute Gasteiger partial charge is 0.333 e. The van der Waals surface area contributed by atoms with Gasteiger partial charge >= 0.3 is 5.97 Å². The maximum atomic E-state index is 12.3. The van der Waals surface area contributed by atoms with Crippen molar-refractivity contribution in [1.29, 1.82) is 0 Å². The Hall–Kier alpha value is -2.70. The van der Waals surface area contributed by atoms with E-state index in [0.717, 1.165) is 17.4 Å². The highest BCUT2D eigenvalue weighted by Crippen LogP contribution is 2.46. The van der Waals surface area contributed by atoms with Crippen LogP contribution in [0.4, 0.5) is 5.69 Å². The van der Waals surface area contributed by atoms with Crippen molar-refractivity contribution in [2.75, 3.05) is 18.5 Å². The topological polar surface area (TPSA) is 170 Å². The lowest BCUT2D eigenvalue weighted by Gasteiger charge is -2.19. The molecular formula is C24H23NO11S3. The van der Waals surface area contributed by atoms with Gasteiger partial charge in [-0.3, -0.25) is 4.55 Å². The molecule has 0 spiro atoms. The summed E-state index contributed by atoms with van der Waals surface area (Å²) in [5.74, 6) is -0.444. The Morgan fingerprint density at radius 2 is 1.49 bits per heavy atom. The predicted molar refractivity (Wildman–Crippen MR) is 145 cm³/mol. The lowest BCUT2D eigenvalue weighted by molar-refractivity contribution is -0.432. The fourth-order valence-electron chi connectivity index (χ4n) is 4.24. The molecule has 0 bridgehead atoms. The van der Waals surface area contributed by atoms with Crippen LogP contribution in [0, 0.1) is 0 Å². The third kappa shape index (κ3) is 6.38. The Balaban J connectivity index is 1.81. The van der Waals surface area contributed by atoms with Gasteiger partial charge < -0.3 is 10.1 Å². The number of unbranched alkanes of at least 4 members (excludes halogenated alkanes) is 1. The summed E-state index contributed by atoms with van der Waals surface area (Å²) in [7, 11) is -4.66. The molecule has 4 aromatic carbocycles. The van der Waals surface area contributed by atoms with Gasteiger partial charge in [0, 0.05) is 49.1 Å². The number of benzene rings is 4. The van der Waals surface area contributed by atoms with E-state index in [1.807, 2.05) is 0 Å². The zero-order chi connectivity index (χ0) is 28.2. The van der Waals surface area contributed by atoms with E-state index in [2.05, 4.69) is 26.3 Å². The van der Waals surface area contributed by atoms with Crippen LogP contribution in [0.1, 0.15) is 19.8 Å². The molecule has 208 valence electrons. The zero-order valence-corrected chi connectivity index (χ0v) is 22.8. The summed E-state index contributed by atoms with van der Waals surface area (Å²) in [5, 5.41) is 31.5. The summed E-state index contributed by atoms with van der Waals surface area (Å²) in [6, 6.07) is 9.81. The predicted octanol–water partition coefficient (Wildman–Crippen LogP) is 6.00. The number of hydrogen-bond acceptors (Lipinski definition) is 13. The van der Waals surface area contributed by atoms with Crippen molar-refractivity contribution in [2.24, 2.45) is 0 Å². The lowest BCUT2D eigenvalue weighted by Crippen LogP contribution is -2.08. The second kappa shape index (κ2) is 12.6. The van der Waals surface area contributed by atoms with Crippen molar-refractivity contribution in [1.82, 2.24) is 0 Å². The lowest BCUT2D eigenvalue weighted by atomic mass is 9.93. The van der Waals surface area contributed by atoms with Gasteiger partial charge in [-0.05, 0) is 42.7 Å². The van der Waals surface area contributed by atoms with Crippen LogP contribution in [0.3, 0.4) is 0 Å². The summed E-state index contributed by atoms with van der Waals surface area (Å²) in [6.45, 7) is 5.87. The molecule has 0 unspecified atom stereocenters. The van der Waals surface area contributed by atoms with Crippen molar-refractivity contribution < 1.29 is 51.8 Å². The van der Waals surface area contributed by atoms with Crippen molar-refractivity contribution in [3.8, 4) is 0 Å². The minimum atomic E-state index is -4.66. The van der Waals surface area contributed by atoms with Crippen LogP contribution >= 0.6 is 24.1 Å². The van der Waals surface area contributed by atoms with E-state index in [1.165, 1.54) is 6.07 Å². The molecule has 0 aliphatic heterocycles. The number of rotatable bonds is 14. The van der Waals surface area contributed by atoms with Gasteiger partial charge in [0.1, 0.15) is 4.90 Å². The Bertz CT molecular complexity index is 1630. The van der Waals surface area contributed by atoms with Crippen molar-refractivity contribution in [2.45, 2.75) is 34.5 Å². The van der Waals surface area contributed by atoms with Crippen LogP contribution < -0.4 is 5.32 Å². The third-order valence-electron chi connectivity index (χ3n) is 5.84. The zero-order valence-electron chi connectivity index (χ0n) is 20.3. The molecule has 0 amide bonds. The number of ether oxygens (including phenoxy) is 1. The summed E-state index contributed by atoms with van der Waals surface area (Å²) in [5.41, 5.74) is 0.997. The van der Waals surface area contributed by atoms with Crippen LogP contribution in [-0.4, -0.2) is 42.6 Å². The maximum absolute atomic E-state index is 12.3. The Labute approximate surface area is 231 Å². The molecule has 0 aliphatic carbocycles. The van der Waals surface area contributed by atoms with Gasteiger partial charge in [-0.15, -0.1) is 8.67 Å². The fourth-order valence-corrected chi connectivity index (χ4v) is 6.09. The number of carbonyl (C=O) groups is 1. The molecule has 4 aromatic rings. The first-order valence-electron chi connectivity index (χ1n) is 11.3. The minimum Gasteiger partial charge on any atom is -0.462 e. The number of esters is 1. The first kappa shape index (κ1) is 29.3. The Morgan fingerprint density at radius 3 is 2.08 bits per heavy atom. The largest absolute Gasteiger partial charge is 0.462 e. The molecule has 4 N–H and O–H groups in total. The van der Waals surface area contributed by atoms with Gasteiger partial charge in [0.15, 0.2) is 0 Å². The monoisotopic (exact) mass is 597 g/mol. The van der Waals surface area contributed by atoms with E-state index in [-0.39, 0.29) is 21.8 Å².